The van der Waals surface area contributed by atoms with Crippen molar-refractivity contribution >= 4 is 5.95 Å². The summed E-state index contributed by atoms with van der Waals surface area (Å²) in [7, 11) is 0. The second kappa shape index (κ2) is 5.91. The summed E-state index contributed by atoms with van der Waals surface area (Å²) in [5.74, 6) is 0.152. The predicted molar refractivity (Wildman–Crippen MR) is 66.9 cm³/mol. The van der Waals surface area contributed by atoms with E-state index >= 15 is 0 Å². The van der Waals surface area contributed by atoms with Crippen LogP contribution in [0.2, 0.25) is 0 Å². The lowest BCUT2D eigenvalue weighted by atomic mass is 10.2. The Hall–Kier alpha value is -2.09. The molecule has 2 aromatic heterocycles. The second-order valence-electron chi connectivity index (χ2n) is 4.01. The molecule has 0 saturated heterocycles. The topological polar surface area (TPSA) is 77.0 Å². The van der Waals surface area contributed by atoms with E-state index in [1.54, 1.807) is 6.07 Å². The molecule has 0 unspecified atom stereocenters. The molecule has 8 heteroatoms. The Kier molecular flexibility index (Phi) is 4.23. The number of hydrogen-bond acceptors (Lipinski definition) is 5. The molecule has 0 aliphatic rings. The molecular weight excluding hydrogens is 273 g/mol. The number of nitrogens with two attached hydrogens (primary N) is 1. The molecule has 0 atom stereocenters. The lowest BCUT2D eigenvalue weighted by molar-refractivity contribution is -0.141. The molecule has 0 aromatic carbocycles. The molecule has 2 aromatic rings. The summed E-state index contributed by atoms with van der Waals surface area (Å²) in [5, 5.41) is 2.72. The van der Waals surface area contributed by atoms with Crippen LogP contribution in [0.5, 0.6) is 0 Å². The van der Waals surface area contributed by atoms with Crippen LogP contribution in [0.1, 0.15) is 12.1 Å². The minimum Gasteiger partial charge on any atom is -0.463 e. The summed E-state index contributed by atoms with van der Waals surface area (Å²) in [6.07, 6.45) is -2.57. The highest BCUT2D eigenvalue weighted by atomic mass is 19.4. The SMILES string of the molecule is NCCCNc1nc(-c2ccco2)cc(C(F)(F)F)n1. The fourth-order valence-corrected chi connectivity index (χ4v) is 1.52. The first-order chi connectivity index (χ1) is 9.50. The highest BCUT2D eigenvalue weighted by molar-refractivity contribution is 5.54. The molecule has 2 heterocycles. The van der Waals surface area contributed by atoms with Crippen LogP contribution in [-0.4, -0.2) is 23.1 Å². The van der Waals surface area contributed by atoms with Gasteiger partial charge in [-0.1, -0.05) is 0 Å². The molecule has 3 N–H and O–H groups in total. The maximum Gasteiger partial charge on any atom is 0.433 e. The van der Waals surface area contributed by atoms with Crippen LogP contribution in [0.15, 0.2) is 28.9 Å². The first-order valence-corrected chi connectivity index (χ1v) is 5.95. The van der Waals surface area contributed by atoms with E-state index in [4.69, 9.17) is 10.2 Å². The lowest BCUT2D eigenvalue weighted by Gasteiger charge is -2.10. The average Bonchev–Trinajstić information content (AvgIpc) is 2.91. The van der Waals surface area contributed by atoms with Gasteiger partial charge in [0.15, 0.2) is 11.5 Å². The van der Waals surface area contributed by atoms with E-state index in [2.05, 4.69) is 15.3 Å². The highest BCUT2D eigenvalue weighted by Crippen LogP contribution is 2.31. The molecule has 0 amide bonds. The van der Waals surface area contributed by atoms with Crippen LogP contribution in [0.3, 0.4) is 0 Å². The largest absolute Gasteiger partial charge is 0.463 e. The molecule has 0 bridgehead atoms. The van der Waals surface area contributed by atoms with Crippen molar-refractivity contribution in [1.82, 2.24) is 9.97 Å². The van der Waals surface area contributed by atoms with Crippen LogP contribution in [0.25, 0.3) is 11.5 Å². The Morgan fingerprint density at radius 2 is 2.10 bits per heavy atom. The van der Waals surface area contributed by atoms with Gasteiger partial charge >= 0.3 is 6.18 Å². The summed E-state index contributed by atoms with van der Waals surface area (Å²) in [6, 6.07) is 3.96. The normalized spacial score (nSPS) is 11.6. The maximum absolute atomic E-state index is 12.8. The van der Waals surface area contributed by atoms with Crippen LogP contribution < -0.4 is 11.1 Å². The Morgan fingerprint density at radius 3 is 2.70 bits per heavy atom. The Labute approximate surface area is 113 Å². The molecule has 0 aliphatic carbocycles. The van der Waals surface area contributed by atoms with Gasteiger partial charge in [0.1, 0.15) is 5.69 Å². The maximum atomic E-state index is 12.8. The third-order valence-electron chi connectivity index (χ3n) is 2.45. The Morgan fingerprint density at radius 1 is 1.30 bits per heavy atom. The van der Waals surface area contributed by atoms with E-state index < -0.39 is 11.9 Å². The highest BCUT2D eigenvalue weighted by Gasteiger charge is 2.34. The van der Waals surface area contributed by atoms with E-state index in [0.29, 0.717) is 19.5 Å². The number of hydrogen-bond donors (Lipinski definition) is 2. The number of nitrogens with one attached hydrogen (secondary N) is 1. The zero-order valence-electron chi connectivity index (χ0n) is 10.4. The van der Waals surface area contributed by atoms with Crippen molar-refractivity contribution in [3.05, 3.63) is 30.2 Å². The van der Waals surface area contributed by atoms with Crippen LogP contribution in [0.4, 0.5) is 19.1 Å². The standard InChI is InChI=1S/C12H13F3N4O/c13-12(14,15)10-7-8(9-3-1-6-20-9)18-11(19-10)17-5-2-4-16/h1,3,6-7H,2,4-5,16H2,(H,17,18,19). The zero-order chi connectivity index (χ0) is 14.6. The van der Waals surface area contributed by atoms with Crippen molar-refractivity contribution < 1.29 is 17.6 Å². The van der Waals surface area contributed by atoms with Crippen molar-refractivity contribution in [2.75, 3.05) is 18.4 Å². The summed E-state index contributed by atoms with van der Waals surface area (Å²) in [6.45, 7) is 0.826. The monoisotopic (exact) mass is 286 g/mol. The summed E-state index contributed by atoms with van der Waals surface area (Å²) in [5.41, 5.74) is 4.38. The van der Waals surface area contributed by atoms with E-state index in [0.717, 1.165) is 6.07 Å². The quantitative estimate of drug-likeness (QED) is 0.826. The fourth-order valence-electron chi connectivity index (χ4n) is 1.52. The van der Waals surface area contributed by atoms with Gasteiger partial charge in [0.05, 0.1) is 6.26 Å². The van der Waals surface area contributed by atoms with Crippen molar-refractivity contribution in [3.63, 3.8) is 0 Å². The average molecular weight is 286 g/mol. The van der Waals surface area contributed by atoms with E-state index in [1.165, 1.54) is 12.3 Å². The van der Waals surface area contributed by atoms with E-state index in [1.807, 2.05) is 0 Å². The Bertz CT molecular complexity index is 554. The summed E-state index contributed by atoms with van der Waals surface area (Å²) in [4.78, 5) is 7.46. The van der Waals surface area contributed by atoms with Gasteiger partial charge in [-0.15, -0.1) is 0 Å². The summed E-state index contributed by atoms with van der Waals surface area (Å²) < 4.78 is 43.5. The van der Waals surface area contributed by atoms with Crippen molar-refractivity contribution in [2.45, 2.75) is 12.6 Å². The van der Waals surface area contributed by atoms with E-state index in [-0.39, 0.29) is 17.4 Å². The van der Waals surface area contributed by atoms with E-state index in [9.17, 15) is 13.2 Å². The number of alkyl halides is 3. The van der Waals surface area contributed by atoms with Crippen LogP contribution >= 0.6 is 0 Å². The number of halogens is 3. The van der Waals surface area contributed by atoms with Gasteiger partial charge in [-0.3, -0.25) is 0 Å². The first kappa shape index (κ1) is 14.3. The van der Waals surface area contributed by atoms with Crippen molar-refractivity contribution in [3.8, 4) is 11.5 Å². The van der Waals surface area contributed by atoms with Crippen LogP contribution in [-0.2, 0) is 6.18 Å². The van der Waals surface area contributed by atoms with Gasteiger partial charge in [-0.05, 0) is 31.2 Å². The molecular formula is C12H13F3N4O. The minimum absolute atomic E-state index is 0.0765. The predicted octanol–water partition coefficient (Wildman–Crippen LogP) is 2.52. The number of rotatable bonds is 5. The molecule has 108 valence electrons. The third-order valence-corrected chi connectivity index (χ3v) is 2.45. The van der Waals surface area contributed by atoms with Gasteiger partial charge < -0.3 is 15.5 Å². The molecule has 0 radical (unpaired) electrons. The fraction of sp³-hybridized carbons (Fsp3) is 0.333. The molecule has 2 rings (SSSR count). The van der Waals surface area contributed by atoms with Gasteiger partial charge in [0, 0.05) is 6.54 Å². The minimum atomic E-state index is -4.55. The summed E-state index contributed by atoms with van der Waals surface area (Å²) >= 11 is 0. The lowest BCUT2D eigenvalue weighted by Crippen LogP contribution is -2.14. The molecule has 5 nitrogen and oxygen atoms in total. The zero-order valence-corrected chi connectivity index (χ0v) is 10.4. The third kappa shape index (κ3) is 3.47. The molecule has 20 heavy (non-hydrogen) atoms. The number of nitrogens with zero attached hydrogens (tertiary/aromatic N) is 2. The molecule has 0 spiro atoms. The van der Waals surface area contributed by atoms with Crippen molar-refractivity contribution in [2.24, 2.45) is 5.73 Å². The van der Waals surface area contributed by atoms with Gasteiger partial charge in [-0.2, -0.15) is 13.2 Å². The van der Waals surface area contributed by atoms with Gasteiger partial charge in [0.25, 0.3) is 0 Å². The Balaban J connectivity index is 2.34. The molecule has 0 saturated carbocycles. The second-order valence-corrected chi connectivity index (χ2v) is 4.01. The molecule has 0 fully saturated rings. The first-order valence-electron chi connectivity index (χ1n) is 5.95. The number of furan rings is 1. The van der Waals surface area contributed by atoms with Gasteiger partial charge in [-0.25, -0.2) is 9.97 Å². The van der Waals surface area contributed by atoms with Crippen molar-refractivity contribution in [1.29, 1.82) is 0 Å². The number of aromatic nitrogens is 2. The van der Waals surface area contributed by atoms with Gasteiger partial charge in [0.2, 0.25) is 5.95 Å². The smallest absolute Gasteiger partial charge is 0.433 e. The van der Waals surface area contributed by atoms with Crippen LogP contribution in [0, 0.1) is 0 Å². The molecule has 0 aliphatic heterocycles. The number of anilines is 1.